The molecule has 1 amide bonds. The standard InChI is InChI=1S/C22H20N6O2/c29-21-16(20-24-7-8-25-20)2-4-18-15-9-13(11-28(18)21)10-27(12-15)22(30)17-3-1-14-5-6-23-19(14)26-17/h1-8,13,15H,9-12H2,(H,23,26)(H,24,25)/t13-,15+/m0/s1. The van der Waals surface area contributed by atoms with Crippen LogP contribution in [0.3, 0.4) is 0 Å². The molecule has 0 unspecified atom stereocenters. The summed E-state index contributed by atoms with van der Waals surface area (Å²) < 4.78 is 1.88. The van der Waals surface area contributed by atoms with Crippen LogP contribution in [0.4, 0.5) is 0 Å². The quantitative estimate of drug-likeness (QED) is 0.540. The van der Waals surface area contributed by atoms with Crippen molar-refractivity contribution in [2.75, 3.05) is 13.1 Å². The van der Waals surface area contributed by atoms with E-state index in [0.717, 1.165) is 23.1 Å². The molecule has 1 fully saturated rings. The van der Waals surface area contributed by atoms with Gasteiger partial charge in [-0.2, -0.15) is 0 Å². The fourth-order valence-electron chi connectivity index (χ4n) is 4.92. The molecule has 2 atom stereocenters. The summed E-state index contributed by atoms with van der Waals surface area (Å²) in [6.45, 7) is 1.85. The van der Waals surface area contributed by atoms with Crippen molar-refractivity contribution in [1.29, 1.82) is 0 Å². The van der Waals surface area contributed by atoms with Crippen LogP contribution < -0.4 is 5.56 Å². The van der Waals surface area contributed by atoms with Crippen molar-refractivity contribution in [3.63, 3.8) is 0 Å². The van der Waals surface area contributed by atoms with Gasteiger partial charge in [0.2, 0.25) is 0 Å². The molecule has 2 aliphatic rings. The Morgan fingerprint density at radius 1 is 1.03 bits per heavy atom. The van der Waals surface area contributed by atoms with Crippen LogP contribution >= 0.6 is 0 Å². The summed E-state index contributed by atoms with van der Waals surface area (Å²) >= 11 is 0. The van der Waals surface area contributed by atoms with Gasteiger partial charge in [0.15, 0.2) is 0 Å². The van der Waals surface area contributed by atoms with Crippen molar-refractivity contribution in [2.45, 2.75) is 18.9 Å². The molecule has 8 nitrogen and oxygen atoms in total. The van der Waals surface area contributed by atoms with Gasteiger partial charge in [-0.1, -0.05) is 0 Å². The Labute approximate surface area is 171 Å². The maximum atomic E-state index is 13.2. The van der Waals surface area contributed by atoms with Crippen LogP contribution in [-0.4, -0.2) is 48.4 Å². The zero-order valence-corrected chi connectivity index (χ0v) is 16.2. The van der Waals surface area contributed by atoms with E-state index in [1.807, 2.05) is 39.9 Å². The Morgan fingerprint density at radius 3 is 2.83 bits per heavy atom. The molecule has 8 heteroatoms. The minimum absolute atomic E-state index is 0.0178. The van der Waals surface area contributed by atoms with Crippen molar-refractivity contribution in [2.24, 2.45) is 5.92 Å². The van der Waals surface area contributed by atoms with Gasteiger partial charge in [-0.05, 0) is 42.7 Å². The fourth-order valence-corrected chi connectivity index (χ4v) is 4.92. The Hall–Kier alpha value is -3.68. The van der Waals surface area contributed by atoms with Gasteiger partial charge in [-0.25, -0.2) is 9.97 Å². The summed E-state index contributed by atoms with van der Waals surface area (Å²) in [5, 5.41) is 0.989. The molecule has 2 bridgehead atoms. The number of likely N-dealkylation sites (tertiary alicyclic amines) is 1. The molecule has 0 saturated carbocycles. The number of carbonyl (C=O) groups excluding carboxylic acids is 1. The molecular formula is C22H20N6O2. The lowest BCUT2D eigenvalue weighted by Crippen LogP contribution is -2.49. The lowest BCUT2D eigenvalue weighted by molar-refractivity contribution is 0.0589. The Morgan fingerprint density at radius 2 is 1.97 bits per heavy atom. The van der Waals surface area contributed by atoms with E-state index >= 15 is 0 Å². The van der Waals surface area contributed by atoms with Crippen molar-refractivity contribution in [3.05, 3.63) is 70.7 Å². The van der Waals surface area contributed by atoms with E-state index in [1.54, 1.807) is 18.5 Å². The number of rotatable bonds is 2. The second-order valence-corrected chi connectivity index (χ2v) is 8.15. The number of aromatic nitrogens is 5. The SMILES string of the molecule is O=C(c1ccc2cc[nH]c2n1)N1C[C@@H]2C[C@H](C1)c1ccc(-c3ncc[nH]3)c(=O)n1C2. The third-order valence-corrected chi connectivity index (χ3v) is 6.27. The normalized spacial score (nSPS) is 20.3. The van der Waals surface area contributed by atoms with Crippen molar-refractivity contribution >= 4 is 16.9 Å². The molecule has 0 spiro atoms. The van der Waals surface area contributed by atoms with Crippen LogP contribution in [-0.2, 0) is 6.54 Å². The highest BCUT2D eigenvalue weighted by molar-refractivity contribution is 5.94. The first-order valence-corrected chi connectivity index (χ1v) is 10.1. The van der Waals surface area contributed by atoms with Crippen molar-refractivity contribution < 1.29 is 4.79 Å². The number of pyridine rings is 2. The van der Waals surface area contributed by atoms with E-state index in [9.17, 15) is 9.59 Å². The van der Waals surface area contributed by atoms with Gasteiger partial charge in [0.25, 0.3) is 11.5 Å². The lowest BCUT2D eigenvalue weighted by Gasteiger charge is -2.42. The van der Waals surface area contributed by atoms with Gasteiger partial charge in [-0.3, -0.25) is 9.59 Å². The summed E-state index contributed by atoms with van der Waals surface area (Å²) in [7, 11) is 0. The second kappa shape index (κ2) is 6.41. The minimum Gasteiger partial charge on any atom is -0.346 e. The number of imidazole rings is 1. The molecule has 4 aromatic rings. The molecule has 2 N–H and O–H groups in total. The number of fused-ring (bicyclic) bond motifs is 5. The summed E-state index contributed by atoms with van der Waals surface area (Å²) in [4.78, 5) is 42.9. The van der Waals surface area contributed by atoms with Crippen LogP contribution in [0.5, 0.6) is 0 Å². The van der Waals surface area contributed by atoms with Crippen molar-refractivity contribution in [3.8, 4) is 11.4 Å². The van der Waals surface area contributed by atoms with Gasteiger partial charge < -0.3 is 19.4 Å². The van der Waals surface area contributed by atoms with E-state index in [4.69, 9.17) is 0 Å². The lowest BCUT2D eigenvalue weighted by atomic mass is 9.82. The van der Waals surface area contributed by atoms with Gasteiger partial charge in [0.1, 0.15) is 17.2 Å². The molecular weight excluding hydrogens is 380 g/mol. The van der Waals surface area contributed by atoms with Crippen LogP contribution in [0.15, 0.2) is 53.7 Å². The molecule has 0 radical (unpaired) electrons. The maximum absolute atomic E-state index is 13.2. The molecule has 6 heterocycles. The second-order valence-electron chi connectivity index (χ2n) is 8.15. The first-order valence-electron chi connectivity index (χ1n) is 10.1. The third-order valence-electron chi connectivity index (χ3n) is 6.27. The zero-order chi connectivity index (χ0) is 20.2. The smallest absolute Gasteiger partial charge is 0.272 e. The fraction of sp³-hybridized carbons (Fsp3) is 0.273. The predicted molar refractivity (Wildman–Crippen MR) is 111 cm³/mol. The third kappa shape index (κ3) is 2.60. The number of carbonyl (C=O) groups is 1. The first-order chi connectivity index (χ1) is 14.7. The average Bonchev–Trinajstić information content (AvgIpc) is 3.45. The molecule has 1 saturated heterocycles. The van der Waals surface area contributed by atoms with Crippen LogP contribution in [0.2, 0.25) is 0 Å². The molecule has 150 valence electrons. The largest absolute Gasteiger partial charge is 0.346 e. The van der Waals surface area contributed by atoms with Crippen LogP contribution in [0.1, 0.15) is 28.5 Å². The van der Waals surface area contributed by atoms with E-state index in [0.29, 0.717) is 36.7 Å². The minimum atomic E-state index is -0.0517. The number of hydrogen-bond donors (Lipinski definition) is 2. The highest BCUT2D eigenvalue weighted by Gasteiger charge is 2.37. The van der Waals surface area contributed by atoms with Gasteiger partial charge in [-0.15, -0.1) is 0 Å². The molecule has 6 rings (SSSR count). The Kier molecular flexibility index (Phi) is 3.68. The molecule has 30 heavy (non-hydrogen) atoms. The highest BCUT2D eigenvalue weighted by atomic mass is 16.2. The first kappa shape index (κ1) is 17.2. The van der Waals surface area contributed by atoms with E-state index in [-0.39, 0.29) is 23.3 Å². The average molecular weight is 400 g/mol. The number of H-pyrrole nitrogens is 2. The number of hydrogen-bond acceptors (Lipinski definition) is 4. The number of piperidine rings is 1. The Bertz CT molecular complexity index is 1320. The monoisotopic (exact) mass is 400 g/mol. The molecule has 0 aliphatic carbocycles. The summed E-state index contributed by atoms with van der Waals surface area (Å²) in [6, 6.07) is 9.50. The van der Waals surface area contributed by atoms with E-state index < -0.39 is 0 Å². The van der Waals surface area contributed by atoms with Crippen LogP contribution in [0, 0.1) is 5.92 Å². The zero-order valence-electron chi connectivity index (χ0n) is 16.2. The molecule has 4 aromatic heterocycles. The Balaban J connectivity index is 1.32. The van der Waals surface area contributed by atoms with Gasteiger partial charge >= 0.3 is 0 Å². The summed E-state index contributed by atoms with van der Waals surface area (Å²) in [5.41, 5.74) is 2.74. The van der Waals surface area contributed by atoms with Crippen LogP contribution in [0.25, 0.3) is 22.4 Å². The summed E-state index contributed by atoms with van der Waals surface area (Å²) in [5.74, 6) is 0.936. The van der Waals surface area contributed by atoms with E-state index in [2.05, 4.69) is 19.9 Å². The number of nitrogens with one attached hydrogen (secondary N) is 2. The molecule has 2 aliphatic heterocycles. The molecule has 0 aromatic carbocycles. The van der Waals surface area contributed by atoms with E-state index in [1.165, 1.54) is 0 Å². The number of nitrogens with zero attached hydrogens (tertiary/aromatic N) is 4. The maximum Gasteiger partial charge on any atom is 0.272 e. The summed E-state index contributed by atoms with van der Waals surface area (Å²) in [6.07, 6.45) is 6.18. The topological polar surface area (TPSA) is 99.7 Å². The van der Waals surface area contributed by atoms with Gasteiger partial charge in [0, 0.05) is 55.2 Å². The number of aromatic amines is 2. The number of amides is 1. The highest BCUT2D eigenvalue weighted by Crippen LogP contribution is 2.36. The van der Waals surface area contributed by atoms with Crippen molar-refractivity contribution in [1.82, 2.24) is 29.4 Å². The van der Waals surface area contributed by atoms with Gasteiger partial charge in [0.05, 0.1) is 5.56 Å². The predicted octanol–water partition coefficient (Wildman–Crippen LogP) is 2.37.